The summed E-state index contributed by atoms with van der Waals surface area (Å²) in [5, 5.41) is 3.33. The summed E-state index contributed by atoms with van der Waals surface area (Å²) in [7, 11) is 1.69. The fraction of sp³-hybridized carbons (Fsp3) is 0.438. The average molecular weight is 272 g/mol. The van der Waals surface area contributed by atoms with Crippen LogP contribution < -0.4 is 5.32 Å². The van der Waals surface area contributed by atoms with Gasteiger partial charge in [-0.25, -0.2) is 4.79 Å². The summed E-state index contributed by atoms with van der Waals surface area (Å²) in [4.78, 5) is 13.3. The maximum Gasteiger partial charge on any atom is 0.411 e. The van der Waals surface area contributed by atoms with Crippen molar-refractivity contribution in [1.29, 1.82) is 0 Å². The maximum absolute atomic E-state index is 11.8. The third kappa shape index (κ3) is 3.12. The van der Waals surface area contributed by atoms with E-state index in [2.05, 4.69) is 17.3 Å². The lowest BCUT2D eigenvalue weighted by atomic mass is 9.97. The molecule has 0 aromatic heterocycles. The van der Waals surface area contributed by atoms with Gasteiger partial charge in [-0.05, 0) is 37.1 Å². The van der Waals surface area contributed by atoms with Crippen molar-refractivity contribution in [3.05, 3.63) is 34.9 Å². The van der Waals surface area contributed by atoms with Crippen LogP contribution in [0.25, 0.3) is 0 Å². The topological polar surface area (TPSA) is 41.6 Å². The van der Waals surface area contributed by atoms with Gasteiger partial charge in [0.1, 0.15) is 0 Å². The van der Waals surface area contributed by atoms with Crippen molar-refractivity contribution in [2.75, 3.05) is 20.1 Å². The second-order valence-electron chi connectivity index (χ2n) is 4.90. The first-order valence-corrected chi connectivity index (χ1v) is 6.86. The lowest BCUT2D eigenvalue weighted by Crippen LogP contribution is -2.28. The Morgan fingerprint density at radius 2 is 2.35 bits per heavy atom. The van der Waals surface area contributed by atoms with Crippen LogP contribution in [-0.4, -0.2) is 31.1 Å². The van der Waals surface area contributed by atoms with E-state index in [1.165, 1.54) is 16.0 Å². The largest absolute Gasteiger partial charge is 0.428 e. The molecule has 1 unspecified atom stereocenters. The molecule has 1 N–H and O–H groups in total. The van der Waals surface area contributed by atoms with E-state index in [0.717, 1.165) is 25.1 Å². The lowest BCUT2D eigenvalue weighted by Gasteiger charge is -2.21. The van der Waals surface area contributed by atoms with Gasteiger partial charge >= 0.3 is 6.09 Å². The van der Waals surface area contributed by atoms with Gasteiger partial charge in [-0.1, -0.05) is 18.1 Å². The third-order valence-corrected chi connectivity index (χ3v) is 3.58. The van der Waals surface area contributed by atoms with Crippen molar-refractivity contribution < 1.29 is 9.53 Å². The third-order valence-electron chi connectivity index (χ3n) is 3.58. The van der Waals surface area contributed by atoms with Gasteiger partial charge in [0.05, 0.1) is 0 Å². The van der Waals surface area contributed by atoms with Crippen molar-refractivity contribution in [2.45, 2.75) is 26.0 Å². The van der Waals surface area contributed by atoms with Crippen molar-refractivity contribution in [1.82, 2.24) is 10.2 Å². The van der Waals surface area contributed by atoms with Crippen molar-refractivity contribution in [3.8, 4) is 12.3 Å². The predicted octanol–water partition coefficient (Wildman–Crippen LogP) is 2.09. The summed E-state index contributed by atoms with van der Waals surface area (Å²) < 4.78 is 5.36. The van der Waals surface area contributed by atoms with E-state index in [0.29, 0.717) is 6.54 Å². The molecule has 20 heavy (non-hydrogen) atoms. The molecule has 0 bridgehead atoms. The monoisotopic (exact) mass is 272 g/mol. The van der Waals surface area contributed by atoms with Crippen LogP contribution >= 0.6 is 0 Å². The van der Waals surface area contributed by atoms with Gasteiger partial charge in [0, 0.05) is 25.7 Å². The van der Waals surface area contributed by atoms with E-state index < -0.39 is 12.2 Å². The molecule has 0 fully saturated rings. The van der Waals surface area contributed by atoms with Gasteiger partial charge in [0.25, 0.3) is 0 Å². The molecule has 0 radical (unpaired) electrons. The van der Waals surface area contributed by atoms with Crippen molar-refractivity contribution >= 4 is 6.09 Å². The number of rotatable bonds is 3. The summed E-state index contributed by atoms with van der Waals surface area (Å²) in [6.07, 6.45) is 5.50. The molecule has 4 nitrogen and oxygen atoms in total. The summed E-state index contributed by atoms with van der Waals surface area (Å²) >= 11 is 0. The summed E-state index contributed by atoms with van der Waals surface area (Å²) in [5.74, 6) is 2.54. The van der Waals surface area contributed by atoms with Crippen LogP contribution in [-0.2, 0) is 17.7 Å². The zero-order valence-electron chi connectivity index (χ0n) is 12.0. The molecule has 1 amide bonds. The molecule has 0 saturated heterocycles. The highest BCUT2D eigenvalue weighted by atomic mass is 16.6. The number of amides is 1. The number of hydrogen-bond acceptors (Lipinski definition) is 3. The number of nitrogens with zero attached hydrogens (tertiary/aromatic N) is 1. The summed E-state index contributed by atoms with van der Waals surface area (Å²) in [6.45, 7) is 4.31. The van der Waals surface area contributed by atoms with E-state index in [-0.39, 0.29) is 0 Å². The molecule has 1 heterocycles. The van der Waals surface area contributed by atoms with Crippen LogP contribution in [0, 0.1) is 12.3 Å². The second-order valence-corrected chi connectivity index (χ2v) is 4.90. The highest BCUT2D eigenvalue weighted by Crippen LogP contribution is 2.23. The second kappa shape index (κ2) is 6.44. The van der Waals surface area contributed by atoms with Crippen LogP contribution in [0.15, 0.2) is 18.2 Å². The highest BCUT2D eigenvalue weighted by Gasteiger charge is 2.18. The van der Waals surface area contributed by atoms with E-state index in [1.54, 1.807) is 7.05 Å². The number of fused-ring (bicyclic) bond motifs is 1. The Hall–Kier alpha value is -1.99. The van der Waals surface area contributed by atoms with Gasteiger partial charge in [0.15, 0.2) is 6.10 Å². The van der Waals surface area contributed by atoms with E-state index >= 15 is 0 Å². The van der Waals surface area contributed by atoms with Crippen LogP contribution in [0.3, 0.4) is 0 Å². The average Bonchev–Trinajstić information content (AvgIpc) is 2.51. The maximum atomic E-state index is 11.8. The van der Waals surface area contributed by atoms with Crippen molar-refractivity contribution in [2.24, 2.45) is 0 Å². The van der Waals surface area contributed by atoms with Crippen LogP contribution in [0.5, 0.6) is 0 Å². The minimum absolute atomic E-state index is 0.397. The Labute approximate surface area is 120 Å². The number of carbonyl (C=O) groups excluding carboxylic acids is 1. The molecule has 1 aromatic carbocycles. The standard InChI is InChI=1S/C16H20N2O2/c1-4-15(20-16(19)18(3)5-2)13-7-6-12-8-9-17-11-14(12)10-13/h1,6-7,10,15,17H,5,8-9,11H2,2-3H3. The number of nitrogens with one attached hydrogen (secondary N) is 1. The summed E-state index contributed by atoms with van der Waals surface area (Å²) in [5.41, 5.74) is 3.42. The predicted molar refractivity (Wildman–Crippen MR) is 78.2 cm³/mol. The number of hydrogen-bond donors (Lipinski definition) is 1. The van der Waals surface area contributed by atoms with Gasteiger partial charge < -0.3 is 15.0 Å². The molecule has 0 saturated carbocycles. The fourth-order valence-corrected chi connectivity index (χ4v) is 2.18. The Morgan fingerprint density at radius 1 is 1.55 bits per heavy atom. The zero-order valence-corrected chi connectivity index (χ0v) is 12.0. The SMILES string of the molecule is C#CC(OC(=O)N(C)CC)c1ccc2c(c1)CNCC2. The molecule has 1 aromatic rings. The van der Waals surface area contributed by atoms with Crippen LogP contribution in [0.4, 0.5) is 4.79 Å². The minimum atomic E-state index is -0.635. The molecular weight excluding hydrogens is 252 g/mol. The lowest BCUT2D eigenvalue weighted by molar-refractivity contribution is 0.0923. The van der Waals surface area contributed by atoms with Crippen LogP contribution in [0.1, 0.15) is 29.7 Å². The Morgan fingerprint density at radius 3 is 3.05 bits per heavy atom. The number of terminal acetylenes is 1. The molecule has 1 atom stereocenters. The first kappa shape index (κ1) is 14.4. The molecule has 4 heteroatoms. The van der Waals surface area contributed by atoms with Gasteiger partial charge in [0.2, 0.25) is 0 Å². The molecule has 0 spiro atoms. The van der Waals surface area contributed by atoms with E-state index in [4.69, 9.17) is 11.2 Å². The van der Waals surface area contributed by atoms with E-state index in [1.807, 2.05) is 19.1 Å². The number of carbonyl (C=O) groups is 1. The van der Waals surface area contributed by atoms with Gasteiger partial charge in [-0.3, -0.25) is 0 Å². The van der Waals surface area contributed by atoms with Gasteiger partial charge in [-0.2, -0.15) is 0 Å². The van der Waals surface area contributed by atoms with Gasteiger partial charge in [-0.15, -0.1) is 6.42 Å². The molecule has 106 valence electrons. The highest BCUT2D eigenvalue weighted by molar-refractivity contribution is 5.68. The van der Waals surface area contributed by atoms with Crippen molar-refractivity contribution in [3.63, 3.8) is 0 Å². The quantitative estimate of drug-likeness (QED) is 0.857. The normalized spacial score (nSPS) is 14.8. The Balaban J connectivity index is 2.16. The van der Waals surface area contributed by atoms with Crippen LogP contribution in [0.2, 0.25) is 0 Å². The fourth-order valence-electron chi connectivity index (χ4n) is 2.18. The molecule has 2 rings (SSSR count). The molecule has 1 aliphatic heterocycles. The summed E-state index contributed by atoms with van der Waals surface area (Å²) in [6, 6.07) is 6.06. The minimum Gasteiger partial charge on any atom is -0.428 e. The molecule has 0 aliphatic carbocycles. The Bertz CT molecular complexity index is 534. The molecule has 1 aliphatic rings. The first-order valence-electron chi connectivity index (χ1n) is 6.86. The number of benzene rings is 1. The smallest absolute Gasteiger partial charge is 0.411 e. The Kier molecular flexibility index (Phi) is 4.65. The number of ether oxygens (including phenoxy) is 1. The molecular formula is C16H20N2O2. The first-order chi connectivity index (χ1) is 9.65. The van der Waals surface area contributed by atoms with E-state index in [9.17, 15) is 4.79 Å². The zero-order chi connectivity index (χ0) is 14.5.